The molecular weight excluding hydrogens is 348 g/mol. The van der Waals surface area contributed by atoms with Crippen molar-refractivity contribution in [2.75, 3.05) is 6.61 Å². The summed E-state index contributed by atoms with van der Waals surface area (Å²) in [6, 6.07) is 0. The molecule has 8 atom stereocenters. The van der Waals surface area contributed by atoms with Crippen LogP contribution in [0.4, 0.5) is 0 Å². The van der Waals surface area contributed by atoms with Crippen LogP contribution in [-0.4, -0.2) is 18.4 Å². The minimum Gasteiger partial charge on any atom is -0.466 e. The molecule has 0 bridgehead atoms. The third-order valence-electron chi connectivity index (χ3n) is 10.2. The largest absolute Gasteiger partial charge is 0.466 e. The fraction of sp³-hybridized carbons (Fsp3) is 0.920. The van der Waals surface area contributed by atoms with Gasteiger partial charge in [0, 0.05) is 19.8 Å². The van der Waals surface area contributed by atoms with Gasteiger partial charge < -0.3 is 4.74 Å². The van der Waals surface area contributed by atoms with Gasteiger partial charge in [0.25, 0.3) is 0 Å². The first-order valence-corrected chi connectivity index (χ1v) is 11.9. The predicted octanol–water partition coefficient (Wildman–Crippen LogP) is 5.80. The van der Waals surface area contributed by atoms with E-state index in [-0.39, 0.29) is 5.97 Å². The summed E-state index contributed by atoms with van der Waals surface area (Å²) >= 11 is 0. The topological polar surface area (TPSA) is 43.4 Å². The maximum Gasteiger partial charge on any atom is 0.302 e. The highest BCUT2D eigenvalue weighted by molar-refractivity contribution is 5.79. The molecule has 0 aromatic heterocycles. The van der Waals surface area contributed by atoms with E-state index >= 15 is 0 Å². The van der Waals surface area contributed by atoms with Gasteiger partial charge in [0.05, 0.1) is 6.61 Å². The monoisotopic (exact) mass is 388 g/mol. The number of hydrogen-bond acceptors (Lipinski definition) is 3. The van der Waals surface area contributed by atoms with Crippen LogP contribution in [0.3, 0.4) is 0 Å². The fourth-order valence-electron chi connectivity index (χ4n) is 8.67. The molecule has 0 spiro atoms. The van der Waals surface area contributed by atoms with E-state index in [1.54, 1.807) is 0 Å². The first kappa shape index (κ1) is 20.4. The van der Waals surface area contributed by atoms with Crippen molar-refractivity contribution in [3.8, 4) is 0 Å². The molecular formula is C25H40O3. The molecule has 3 heteroatoms. The summed E-state index contributed by atoms with van der Waals surface area (Å²) in [4.78, 5) is 23.5. The third kappa shape index (κ3) is 3.16. The van der Waals surface area contributed by atoms with Gasteiger partial charge in [-0.15, -0.1) is 0 Å². The summed E-state index contributed by atoms with van der Waals surface area (Å²) in [5, 5.41) is 0. The zero-order valence-corrected chi connectivity index (χ0v) is 18.5. The molecule has 0 radical (unpaired) electrons. The molecule has 0 aromatic carbocycles. The van der Waals surface area contributed by atoms with E-state index in [1.807, 2.05) is 0 Å². The van der Waals surface area contributed by atoms with Crippen LogP contribution in [0, 0.1) is 46.3 Å². The number of carbonyl (C=O) groups excluding carboxylic acids is 2. The number of ether oxygens (including phenoxy) is 1. The van der Waals surface area contributed by atoms with Crippen LogP contribution in [-0.2, 0) is 14.3 Å². The minimum absolute atomic E-state index is 0.146. The molecule has 4 rings (SSSR count). The Bertz CT molecular complexity index is 627. The van der Waals surface area contributed by atoms with Gasteiger partial charge in [0.1, 0.15) is 5.78 Å². The fourth-order valence-corrected chi connectivity index (χ4v) is 8.67. The quantitative estimate of drug-likeness (QED) is 0.571. The molecule has 0 aromatic rings. The second-order valence-corrected chi connectivity index (χ2v) is 11.1. The molecule has 4 saturated carbocycles. The Morgan fingerprint density at radius 2 is 1.82 bits per heavy atom. The van der Waals surface area contributed by atoms with E-state index in [4.69, 9.17) is 4.74 Å². The molecule has 28 heavy (non-hydrogen) atoms. The Balaban J connectivity index is 1.55. The van der Waals surface area contributed by atoms with Crippen LogP contribution >= 0.6 is 0 Å². The molecule has 5 unspecified atom stereocenters. The number of hydrogen-bond donors (Lipinski definition) is 0. The first-order valence-electron chi connectivity index (χ1n) is 11.9. The van der Waals surface area contributed by atoms with Crippen molar-refractivity contribution in [2.45, 2.75) is 91.9 Å². The Morgan fingerprint density at radius 1 is 1.07 bits per heavy atom. The maximum atomic E-state index is 12.3. The van der Waals surface area contributed by atoms with E-state index in [0.29, 0.717) is 35.1 Å². The SMILES string of the molecule is CCC1CC2C3CC[C@H](CCOC(C)=O)C3(C)CCC2[C@@]2(C)CCC(=O)C[C@@H]12. The van der Waals surface area contributed by atoms with E-state index < -0.39 is 0 Å². The van der Waals surface area contributed by atoms with Crippen molar-refractivity contribution in [2.24, 2.45) is 46.3 Å². The highest BCUT2D eigenvalue weighted by atomic mass is 16.5. The second-order valence-electron chi connectivity index (χ2n) is 11.1. The van der Waals surface area contributed by atoms with Gasteiger partial charge in [-0.1, -0.05) is 27.2 Å². The number of esters is 1. The van der Waals surface area contributed by atoms with E-state index in [0.717, 1.165) is 49.4 Å². The van der Waals surface area contributed by atoms with Crippen molar-refractivity contribution < 1.29 is 14.3 Å². The van der Waals surface area contributed by atoms with Crippen molar-refractivity contribution in [1.82, 2.24) is 0 Å². The average Bonchev–Trinajstić information content (AvgIpc) is 2.98. The molecule has 4 aliphatic carbocycles. The molecule has 3 nitrogen and oxygen atoms in total. The van der Waals surface area contributed by atoms with Gasteiger partial charge in [-0.05, 0) is 91.3 Å². The lowest BCUT2D eigenvalue weighted by atomic mass is 9.42. The van der Waals surface area contributed by atoms with E-state index in [2.05, 4.69) is 20.8 Å². The van der Waals surface area contributed by atoms with Gasteiger partial charge in [-0.2, -0.15) is 0 Å². The maximum absolute atomic E-state index is 12.3. The predicted molar refractivity (Wildman–Crippen MR) is 111 cm³/mol. The molecule has 0 heterocycles. The molecule has 4 fully saturated rings. The van der Waals surface area contributed by atoms with Crippen molar-refractivity contribution in [3.05, 3.63) is 0 Å². The third-order valence-corrected chi connectivity index (χ3v) is 10.2. The van der Waals surface area contributed by atoms with Crippen LogP contribution in [0.25, 0.3) is 0 Å². The molecule has 4 aliphatic rings. The Labute approximate surface area is 171 Å². The lowest BCUT2D eigenvalue weighted by molar-refractivity contribution is -0.152. The number of ketones is 1. The Hall–Kier alpha value is -0.860. The molecule has 0 N–H and O–H groups in total. The number of fused-ring (bicyclic) bond motifs is 5. The summed E-state index contributed by atoms with van der Waals surface area (Å²) in [6.45, 7) is 9.57. The standard InChI is InChI=1S/C25H40O3/c1-5-17-14-20-21-7-6-18(10-13-28-16(2)26)24(21,3)12-9-22(20)25(4)11-8-19(27)15-23(17)25/h17-18,20-23H,5-15H2,1-4H3/t17?,18-,20?,21?,22?,23+,24?,25-/m1/s1. The molecule has 0 saturated heterocycles. The van der Waals surface area contributed by atoms with Crippen molar-refractivity contribution in [1.29, 1.82) is 0 Å². The van der Waals surface area contributed by atoms with Crippen LogP contribution in [0.1, 0.15) is 91.9 Å². The second kappa shape index (κ2) is 7.43. The smallest absolute Gasteiger partial charge is 0.302 e. The van der Waals surface area contributed by atoms with E-state index in [9.17, 15) is 9.59 Å². The summed E-state index contributed by atoms with van der Waals surface area (Å²) in [6.07, 6.45) is 11.8. The van der Waals surface area contributed by atoms with Crippen LogP contribution in [0.15, 0.2) is 0 Å². The average molecular weight is 389 g/mol. The zero-order valence-electron chi connectivity index (χ0n) is 18.5. The van der Waals surface area contributed by atoms with Gasteiger partial charge in [-0.3, -0.25) is 9.59 Å². The normalized spacial score (nSPS) is 47.8. The lowest BCUT2D eigenvalue weighted by Crippen LogP contribution is -2.56. The first-order chi connectivity index (χ1) is 13.3. The number of rotatable bonds is 4. The number of carbonyl (C=O) groups is 2. The summed E-state index contributed by atoms with van der Waals surface area (Å²) in [5.41, 5.74) is 0.807. The van der Waals surface area contributed by atoms with Crippen molar-refractivity contribution >= 4 is 11.8 Å². The minimum atomic E-state index is -0.146. The molecule has 0 aliphatic heterocycles. The van der Waals surface area contributed by atoms with Gasteiger partial charge >= 0.3 is 5.97 Å². The van der Waals surface area contributed by atoms with Crippen LogP contribution < -0.4 is 0 Å². The highest BCUT2D eigenvalue weighted by Crippen LogP contribution is 2.68. The Morgan fingerprint density at radius 3 is 2.54 bits per heavy atom. The Kier molecular flexibility index (Phi) is 5.42. The van der Waals surface area contributed by atoms with Gasteiger partial charge in [-0.25, -0.2) is 0 Å². The highest BCUT2D eigenvalue weighted by Gasteiger charge is 2.61. The van der Waals surface area contributed by atoms with Crippen LogP contribution in [0.2, 0.25) is 0 Å². The summed E-state index contributed by atoms with van der Waals surface area (Å²) in [7, 11) is 0. The number of Topliss-reactive ketones (excluding diaryl/α,β-unsaturated/α-hetero) is 1. The van der Waals surface area contributed by atoms with Gasteiger partial charge in [0.2, 0.25) is 0 Å². The molecule has 158 valence electrons. The molecule has 0 amide bonds. The summed E-state index contributed by atoms with van der Waals surface area (Å²) in [5.74, 6) is 4.94. The van der Waals surface area contributed by atoms with E-state index in [1.165, 1.54) is 45.4 Å². The summed E-state index contributed by atoms with van der Waals surface area (Å²) < 4.78 is 5.30. The van der Waals surface area contributed by atoms with Gasteiger partial charge in [0.15, 0.2) is 0 Å². The lowest BCUT2D eigenvalue weighted by Gasteiger charge is -2.62. The zero-order chi connectivity index (χ0) is 20.1. The van der Waals surface area contributed by atoms with Crippen LogP contribution in [0.5, 0.6) is 0 Å². The van der Waals surface area contributed by atoms with Crippen molar-refractivity contribution in [3.63, 3.8) is 0 Å².